The molecule has 1 saturated heterocycles. The summed E-state index contributed by atoms with van der Waals surface area (Å²) in [5, 5.41) is 3.95. The topological polar surface area (TPSA) is 15.3 Å². The normalized spacial score (nSPS) is 29.0. The van der Waals surface area contributed by atoms with Crippen LogP contribution in [0.5, 0.6) is 0 Å². The van der Waals surface area contributed by atoms with Gasteiger partial charge in [-0.2, -0.15) is 0 Å². The molecule has 114 valence electrons. The van der Waals surface area contributed by atoms with E-state index < -0.39 is 0 Å². The van der Waals surface area contributed by atoms with Crippen LogP contribution in [0.25, 0.3) is 0 Å². The Kier molecular flexibility index (Phi) is 3.76. The Labute approximate surface area is 128 Å². The van der Waals surface area contributed by atoms with Gasteiger partial charge in [-0.05, 0) is 43.6 Å². The molecule has 3 aliphatic rings. The molecule has 1 aromatic carbocycles. The molecular formula is C19H28N2. The summed E-state index contributed by atoms with van der Waals surface area (Å²) in [7, 11) is 0. The first kappa shape index (κ1) is 13.8. The summed E-state index contributed by atoms with van der Waals surface area (Å²) in [5.74, 6) is 0.979. The van der Waals surface area contributed by atoms with Crippen molar-refractivity contribution in [3.05, 3.63) is 35.9 Å². The van der Waals surface area contributed by atoms with Gasteiger partial charge in [-0.15, -0.1) is 0 Å². The first-order chi connectivity index (χ1) is 10.3. The summed E-state index contributed by atoms with van der Waals surface area (Å²) in [6.07, 6.45) is 9.77. The third-order valence-electron chi connectivity index (χ3n) is 5.92. The molecule has 1 aliphatic heterocycles. The SMILES string of the molecule is c1ccc(CCN2CC3(CCCC3)NCC2C2CC2)cc1. The van der Waals surface area contributed by atoms with Crippen LogP contribution in [0.4, 0.5) is 0 Å². The quantitative estimate of drug-likeness (QED) is 0.913. The van der Waals surface area contributed by atoms with Crippen molar-refractivity contribution in [2.75, 3.05) is 19.6 Å². The van der Waals surface area contributed by atoms with E-state index >= 15 is 0 Å². The van der Waals surface area contributed by atoms with Crippen molar-refractivity contribution in [3.63, 3.8) is 0 Å². The van der Waals surface area contributed by atoms with Crippen LogP contribution < -0.4 is 5.32 Å². The predicted octanol–water partition coefficient (Wildman–Crippen LogP) is 3.23. The van der Waals surface area contributed by atoms with Crippen molar-refractivity contribution >= 4 is 0 Å². The molecule has 0 bridgehead atoms. The fraction of sp³-hybridized carbons (Fsp3) is 0.684. The molecule has 2 heteroatoms. The van der Waals surface area contributed by atoms with Crippen LogP contribution in [0.1, 0.15) is 44.1 Å². The summed E-state index contributed by atoms with van der Waals surface area (Å²) in [6.45, 7) is 3.77. The highest BCUT2D eigenvalue weighted by Gasteiger charge is 2.45. The third-order valence-corrected chi connectivity index (χ3v) is 5.92. The van der Waals surface area contributed by atoms with E-state index in [1.54, 1.807) is 0 Å². The Bertz CT molecular complexity index is 460. The lowest BCUT2D eigenvalue weighted by Crippen LogP contribution is -2.63. The maximum atomic E-state index is 3.95. The Morgan fingerprint density at radius 2 is 1.86 bits per heavy atom. The molecule has 3 fully saturated rings. The fourth-order valence-corrected chi connectivity index (χ4v) is 4.51. The minimum absolute atomic E-state index is 0.460. The highest BCUT2D eigenvalue weighted by molar-refractivity contribution is 5.15. The average molecular weight is 284 g/mol. The zero-order chi connectivity index (χ0) is 14.1. The molecule has 0 amide bonds. The molecule has 1 heterocycles. The van der Waals surface area contributed by atoms with Crippen LogP contribution >= 0.6 is 0 Å². The maximum absolute atomic E-state index is 3.95. The van der Waals surface area contributed by atoms with Gasteiger partial charge in [0.15, 0.2) is 0 Å². The van der Waals surface area contributed by atoms with Crippen molar-refractivity contribution in [1.82, 2.24) is 10.2 Å². The number of hydrogen-bond donors (Lipinski definition) is 1. The molecule has 0 aromatic heterocycles. The van der Waals surface area contributed by atoms with Crippen molar-refractivity contribution in [2.24, 2.45) is 5.92 Å². The number of benzene rings is 1. The molecule has 21 heavy (non-hydrogen) atoms. The Morgan fingerprint density at radius 3 is 2.57 bits per heavy atom. The molecule has 2 nitrogen and oxygen atoms in total. The van der Waals surface area contributed by atoms with Gasteiger partial charge in [0, 0.05) is 31.2 Å². The number of piperazine rings is 1. The first-order valence-electron chi connectivity index (χ1n) is 8.88. The molecule has 0 radical (unpaired) electrons. The van der Waals surface area contributed by atoms with Crippen LogP contribution in [-0.2, 0) is 6.42 Å². The lowest BCUT2D eigenvalue weighted by molar-refractivity contribution is 0.0703. The van der Waals surface area contributed by atoms with Gasteiger partial charge >= 0.3 is 0 Å². The maximum Gasteiger partial charge on any atom is 0.0309 e. The number of nitrogens with zero attached hydrogens (tertiary/aromatic N) is 1. The van der Waals surface area contributed by atoms with Crippen molar-refractivity contribution in [1.29, 1.82) is 0 Å². The van der Waals surface area contributed by atoms with Crippen LogP contribution in [0.15, 0.2) is 30.3 Å². The molecule has 2 saturated carbocycles. The summed E-state index contributed by atoms with van der Waals surface area (Å²) in [5.41, 5.74) is 1.95. The highest BCUT2D eigenvalue weighted by atomic mass is 15.3. The lowest BCUT2D eigenvalue weighted by atomic mass is 9.90. The van der Waals surface area contributed by atoms with Gasteiger partial charge < -0.3 is 5.32 Å². The van der Waals surface area contributed by atoms with Gasteiger partial charge in [0.25, 0.3) is 0 Å². The monoisotopic (exact) mass is 284 g/mol. The molecule has 1 atom stereocenters. The molecule has 1 N–H and O–H groups in total. The van der Waals surface area contributed by atoms with E-state index in [1.165, 1.54) is 70.1 Å². The Morgan fingerprint density at radius 1 is 1.10 bits per heavy atom. The predicted molar refractivity (Wildman–Crippen MR) is 87.4 cm³/mol. The van der Waals surface area contributed by atoms with E-state index in [-0.39, 0.29) is 0 Å². The molecule has 4 rings (SSSR count). The van der Waals surface area contributed by atoms with Gasteiger partial charge in [-0.25, -0.2) is 0 Å². The van der Waals surface area contributed by atoms with Gasteiger partial charge in [0.2, 0.25) is 0 Å². The molecule has 1 spiro atoms. The Hall–Kier alpha value is -0.860. The van der Waals surface area contributed by atoms with Gasteiger partial charge in [-0.1, -0.05) is 43.2 Å². The minimum atomic E-state index is 0.460. The van der Waals surface area contributed by atoms with Crippen molar-refractivity contribution in [2.45, 2.75) is 56.5 Å². The molecule has 2 aliphatic carbocycles. The van der Waals surface area contributed by atoms with E-state index in [9.17, 15) is 0 Å². The van der Waals surface area contributed by atoms with E-state index in [4.69, 9.17) is 0 Å². The number of nitrogens with one attached hydrogen (secondary N) is 1. The number of rotatable bonds is 4. The third kappa shape index (κ3) is 3.02. The lowest BCUT2D eigenvalue weighted by Gasteiger charge is -2.47. The molecular weight excluding hydrogens is 256 g/mol. The molecule has 1 aromatic rings. The second-order valence-corrected chi connectivity index (χ2v) is 7.48. The highest BCUT2D eigenvalue weighted by Crippen LogP contribution is 2.40. The second kappa shape index (κ2) is 5.73. The zero-order valence-electron chi connectivity index (χ0n) is 13.1. The Balaban J connectivity index is 1.43. The minimum Gasteiger partial charge on any atom is -0.308 e. The van der Waals surface area contributed by atoms with E-state index in [2.05, 4.69) is 40.5 Å². The van der Waals surface area contributed by atoms with Crippen LogP contribution in [0.2, 0.25) is 0 Å². The van der Waals surface area contributed by atoms with Gasteiger partial charge in [-0.3, -0.25) is 4.90 Å². The standard InChI is InChI=1S/C19H28N2/c1-2-6-16(7-3-1)10-13-21-15-19(11-4-5-12-19)20-14-18(21)17-8-9-17/h1-3,6-7,17-18,20H,4-5,8-15H2. The summed E-state index contributed by atoms with van der Waals surface area (Å²) in [6, 6.07) is 11.8. The largest absolute Gasteiger partial charge is 0.308 e. The van der Waals surface area contributed by atoms with E-state index in [0.717, 1.165) is 12.0 Å². The van der Waals surface area contributed by atoms with Crippen LogP contribution in [0.3, 0.4) is 0 Å². The first-order valence-corrected chi connectivity index (χ1v) is 8.88. The second-order valence-electron chi connectivity index (χ2n) is 7.48. The smallest absolute Gasteiger partial charge is 0.0309 e. The average Bonchev–Trinajstić information content (AvgIpc) is 3.27. The van der Waals surface area contributed by atoms with Crippen molar-refractivity contribution < 1.29 is 0 Å². The van der Waals surface area contributed by atoms with E-state index in [0.29, 0.717) is 5.54 Å². The summed E-state index contributed by atoms with van der Waals surface area (Å²) < 4.78 is 0. The fourth-order valence-electron chi connectivity index (χ4n) is 4.51. The van der Waals surface area contributed by atoms with Gasteiger partial charge in [0.1, 0.15) is 0 Å². The zero-order valence-corrected chi connectivity index (χ0v) is 13.1. The van der Waals surface area contributed by atoms with Crippen molar-refractivity contribution in [3.8, 4) is 0 Å². The van der Waals surface area contributed by atoms with Gasteiger partial charge in [0.05, 0.1) is 0 Å². The molecule has 1 unspecified atom stereocenters. The summed E-state index contributed by atoms with van der Waals surface area (Å²) in [4.78, 5) is 2.84. The van der Waals surface area contributed by atoms with Crippen LogP contribution in [0, 0.1) is 5.92 Å². The summed E-state index contributed by atoms with van der Waals surface area (Å²) >= 11 is 0. The van der Waals surface area contributed by atoms with Crippen LogP contribution in [-0.4, -0.2) is 36.1 Å². The van der Waals surface area contributed by atoms with E-state index in [1.807, 2.05) is 0 Å². The number of hydrogen-bond acceptors (Lipinski definition) is 2.